The molecule has 1 aromatic carbocycles. The normalized spacial score (nSPS) is 19.3. The molecular weight excluding hydrogens is 476 g/mol. The van der Waals surface area contributed by atoms with Gasteiger partial charge in [0.1, 0.15) is 0 Å². The molecule has 0 bridgehead atoms. The third kappa shape index (κ3) is 6.93. The zero-order valence-corrected chi connectivity index (χ0v) is 21.6. The molecule has 1 aromatic rings. The smallest absolute Gasteiger partial charge is 0.349 e. The van der Waals surface area contributed by atoms with Crippen LogP contribution >= 0.6 is 11.6 Å². The molecule has 1 atom stereocenters. The molecule has 0 spiro atoms. The summed E-state index contributed by atoms with van der Waals surface area (Å²) in [6.45, 7) is 4.84. The minimum atomic E-state index is -4.15. The molecule has 34 heavy (non-hydrogen) atoms. The zero-order valence-electron chi connectivity index (χ0n) is 20.0. The second-order valence-corrected chi connectivity index (χ2v) is 11.6. The number of benzene rings is 1. The molecule has 3 rings (SSSR count). The van der Waals surface area contributed by atoms with Crippen molar-refractivity contribution in [3.8, 4) is 0 Å². The lowest BCUT2D eigenvalue weighted by atomic mass is 9.83. The summed E-state index contributed by atoms with van der Waals surface area (Å²) in [5.74, 6) is 0.508. The first-order valence-corrected chi connectivity index (χ1v) is 14.1. The Balaban J connectivity index is 1.61. The van der Waals surface area contributed by atoms with Gasteiger partial charge in [0.2, 0.25) is 5.91 Å². The van der Waals surface area contributed by atoms with E-state index >= 15 is 0 Å². The van der Waals surface area contributed by atoms with Crippen molar-refractivity contribution < 1.29 is 18.0 Å². The number of rotatable bonds is 9. The van der Waals surface area contributed by atoms with Gasteiger partial charge in [0.05, 0.1) is 0 Å². The third-order valence-corrected chi connectivity index (χ3v) is 9.06. The number of sulfonamides is 1. The van der Waals surface area contributed by atoms with Crippen molar-refractivity contribution in [3.05, 3.63) is 34.9 Å². The molecule has 190 valence electrons. The van der Waals surface area contributed by atoms with Crippen molar-refractivity contribution in [2.75, 3.05) is 39.3 Å². The highest BCUT2D eigenvalue weighted by Gasteiger charge is 2.36. The van der Waals surface area contributed by atoms with E-state index in [1.54, 1.807) is 6.92 Å². The van der Waals surface area contributed by atoms with Crippen LogP contribution < -0.4 is 5.73 Å². The lowest BCUT2D eigenvalue weighted by Crippen LogP contribution is -2.57. The standard InChI is InChI=1S/C24H37ClN4O4S/c1-2-29(34(32,33)24(26)31)18-22(20-6-4-3-5-7-20)27-14-16-28(17-15-27)23(30)13-10-19-8-11-21(25)12-9-19/h8-9,11-12,20,22H,2-7,10,13-18H2,1H3,(H2,26,31). The molecule has 1 aliphatic heterocycles. The Morgan fingerprint density at radius 3 is 2.26 bits per heavy atom. The van der Waals surface area contributed by atoms with E-state index in [9.17, 15) is 18.0 Å². The van der Waals surface area contributed by atoms with Crippen LogP contribution in [0, 0.1) is 5.92 Å². The molecule has 1 saturated heterocycles. The van der Waals surface area contributed by atoms with Crippen LogP contribution in [0.2, 0.25) is 5.02 Å². The van der Waals surface area contributed by atoms with Gasteiger partial charge in [-0.25, -0.2) is 8.42 Å². The van der Waals surface area contributed by atoms with Gasteiger partial charge < -0.3 is 10.6 Å². The number of hydrogen-bond donors (Lipinski definition) is 1. The van der Waals surface area contributed by atoms with E-state index in [2.05, 4.69) is 4.90 Å². The quantitative estimate of drug-likeness (QED) is 0.547. The van der Waals surface area contributed by atoms with E-state index < -0.39 is 15.3 Å². The summed E-state index contributed by atoms with van der Waals surface area (Å²) in [4.78, 5) is 28.6. The monoisotopic (exact) mass is 512 g/mol. The van der Waals surface area contributed by atoms with E-state index in [0.29, 0.717) is 50.0 Å². The van der Waals surface area contributed by atoms with E-state index in [1.165, 1.54) is 10.7 Å². The number of primary amides is 1. The SMILES string of the molecule is CCN(CC(C1CCCCC1)N1CCN(C(=O)CCc2ccc(Cl)cc2)CC1)S(=O)(=O)C(N)=O. The average molecular weight is 513 g/mol. The molecule has 1 aliphatic carbocycles. The fraction of sp³-hybridized carbons (Fsp3) is 0.667. The second kappa shape index (κ2) is 12.3. The largest absolute Gasteiger partial charge is 0.355 e. The van der Waals surface area contributed by atoms with Crippen molar-refractivity contribution in [1.82, 2.24) is 14.1 Å². The highest BCUT2D eigenvalue weighted by Crippen LogP contribution is 2.30. The highest BCUT2D eigenvalue weighted by molar-refractivity contribution is 8.03. The highest BCUT2D eigenvalue weighted by atomic mass is 35.5. The van der Waals surface area contributed by atoms with Gasteiger partial charge in [-0.15, -0.1) is 0 Å². The molecule has 1 saturated carbocycles. The summed E-state index contributed by atoms with van der Waals surface area (Å²) in [5.41, 5.74) is 6.26. The van der Waals surface area contributed by atoms with Crippen LogP contribution in [0.5, 0.6) is 0 Å². The van der Waals surface area contributed by atoms with Crippen molar-refractivity contribution in [1.29, 1.82) is 0 Å². The maximum absolute atomic E-state index is 12.8. The molecule has 1 heterocycles. The van der Waals surface area contributed by atoms with Gasteiger partial charge >= 0.3 is 5.24 Å². The number of aryl methyl sites for hydroxylation is 1. The van der Waals surface area contributed by atoms with Crippen LogP contribution in [0.4, 0.5) is 4.79 Å². The van der Waals surface area contributed by atoms with Crippen LogP contribution in [0.1, 0.15) is 51.0 Å². The topological polar surface area (TPSA) is 104 Å². The second-order valence-electron chi connectivity index (χ2n) is 9.28. The number of carbonyl (C=O) groups excluding carboxylic acids is 2. The van der Waals surface area contributed by atoms with Crippen LogP contribution in [0.25, 0.3) is 0 Å². The first-order valence-electron chi connectivity index (χ1n) is 12.3. The molecule has 0 radical (unpaired) electrons. The van der Waals surface area contributed by atoms with Gasteiger partial charge in [0.15, 0.2) is 0 Å². The first kappa shape index (κ1) is 26.9. The number of nitrogens with zero attached hydrogens (tertiary/aromatic N) is 3. The summed E-state index contributed by atoms with van der Waals surface area (Å²) in [6, 6.07) is 7.58. The van der Waals surface area contributed by atoms with E-state index in [1.807, 2.05) is 29.2 Å². The Kier molecular flexibility index (Phi) is 9.76. The summed E-state index contributed by atoms with van der Waals surface area (Å²) >= 11 is 5.93. The van der Waals surface area contributed by atoms with Gasteiger partial charge in [-0.3, -0.25) is 14.5 Å². The molecule has 2 N–H and O–H groups in total. The van der Waals surface area contributed by atoms with Crippen molar-refractivity contribution >= 4 is 32.8 Å². The molecular formula is C24H37ClN4O4S. The summed E-state index contributed by atoms with van der Waals surface area (Å²) in [7, 11) is -4.15. The number of amides is 2. The number of piperazine rings is 1. The molecule has 1 unspecified atom stereocenters. The van der Waals surface area contributed by atoms with E-state index in [0.717, 1.165) is 31.2 Å². The lowest BCUT2D eigenvalue weighted by Gasteiger charge is -2.44. The van der Waals surface area contributed by atoms with Gasteiger partial charge in [0, 0.05) is 56.8 Å². The lowest BCUT2D eigenvalue weighted by molar-refractivity contribution is -0.133. The zero-order chi connectivity index (χ0) is 24.7. The third-order valence-electron chi connectivity index (χ3n) is 7.21. The van der Waals surface area contributed by atoms with Gasteiger partial charge in [0.25, 0.3) is 10.0 Å². The predicted molar refractivity (Wildman–Crippen MR) is 134 cm³/mol. The molecule has 2 amide bonds. The first-order chi connectivity index (χ1) is 16.2. The van der Waals surface area contributed by atoms with Crippen LogP contribution in [-0.2, 0) is 21.2 Å². The van der Waals surface area contributed by atoms with Crippen molar-refractivity contribution in [2.45, 2.75) is 57.9 Å². The summed E-state index contributed by atoms with van der Waals surface area (Å²) in [5, 5.41) is -0.614. The number of halogens is 1. The number of hydrogen-bond acceptors (Lipinski definition) is 5. The maximum atomic E-state index is 12.8. The van der Waals surface area contributed by atoms with Crippen molar-refractivity contribution in [2.24, 2.45) is 11.7 Å². The Morgan fingerprint density at radius 2 is 1.71 bits per heavy atom. The molecule has 2 fully saturated rings. The number of carbonyl (C=O) groups is 2. The van der Waals surface area contributed by atoms with E-state index in [-0.39, 0.29) is 25.0 Å². The summed E-state index contributed by atoms with van der Waals surface area (Å²) in [6.07, 6.45) is 6.72. The van der Waals surface area contributed by atoms with Gasteiger partial charge in [-0.05, 0) is 42.9 Å². The molecule has 10 heteroatoms. The Bertz CT molecular complexity index is 927. The fourth-order valence-corrected chi connectivity index (χ4v) is 6.25. The van der Waals surface area contributed by atoms with Crippen LogP contribution in [0.15, 0.2) is 24.3 Å². The van der Waals surface area contributed by atoms with E-state index in [4.69, 9.17) is 17.3 Å². The van der Waals surface area contributed by atoms with Crippen LogP contribution in [-0.4, -0.2) is 79.0 Å². The van der Waals surface area contributed by atoms with Gasteiger partial charge in [-0.1, -0.05) is 49.9 Å². The van der Waals surface area contributed by atoms with Gasteiger partial charge in [-0.2, -0.15) is 4.31 Å². The average Bonchev–Trinajstić information content (AvgIpc) is 2.84. The Labute approximate surface area is 208 Å². The number of likely N-dealkylation sites (N-methyl/N-ethyl adjacent to an activating group) is 1. The predicted octanol–water partition coefficient (Wildman–Crippen LogP) is 3.10. The number of nitrogens with two attached hydrogens (primary N) is 1. The molecule has 2 aliphatic rings. The van der Waals surface area contributed by atoms with Crippen molar-refractivity contribution in [3.63, 3.8) is 0 Å². The van der Waals surface area contributed by atoms with Crippen LogP contribution in [0.3, 0.4) is 0 Å². The minimum Gasteiger partial charge on any atom is -0.355 e. The molecule has 0 aromatic heterocycles. The fourth-order valence-electron chi connectivity index (χ4n) is 5.18. The Hall–Kier alpha value is -1.68. The molecule has 8 nitrogen and oxygen atoms in total. The minimum absolute atomic E-state index is 0.0145. The summed E-state index contributed by atoms with van der Waals surface area (Å²) < 4.78 is 26.2. The maximum Gasteiger partial charge on any atom is 0.349 e. The Morgan fingerprint density at radius 1 is 1.09 bits per heavy atom.